The van der Waals surface area contributed by atoms with E-state index in [4.69, 9.17) is 0 Å². The zero-order chi connectivity index (χ0) is 10.3. The van der Waals surface area contributed by atoms with E-state index in [1.54, 1.807) is 9.80 Å². The van der Waals surface area contributed by atoms with Crippen molar-refractivity contribution in [3.63, 3.8) is 0 Å². The topological polar surface area (TPSA) is 40.6 Å². The Morgan fingerprint density at radius 2 is 1.36 bits per heavy atom. The number of likely N-dealkylation sites (N-methyl/N-ethyl adjacent to an activating group) is 2. The van der Waals surface area contributed by atoms with E-state index in [2.05, 4.69) is 0 Å². The highest BCUT2D eigenvalue weighted by Crippen LogP contribution is 2.46. The SMILES string of the molecule is CCN1C(=O)[C@H]2SS[C@@H]1C(=O)N2CC. The molecule has 3 saturated heterocycles. The molecule has 2 atom stereocenters. The molecule has 3 fully saturated rings. The van der Waals surface area contributed by atoms with E-state index < -0.39 is 0 Å². The lowest BCUT2D eigenvalue weighted by Gasteiger charge is -2.47. The first-order valence-electron chi connectivity index (χ1n) is 4.63. The molecule has 3 heterocycles. The van der Waals surface area contributed by atoms with Gasteiger partial charge in [-0.2, -0.15) is 0 Å². The summed E-state index contributed by atoms with van der Waals surface area (Å²) in [5, 5.41) is -0.579. The lowest BCUT2D eigenvalue weighted by molar-refractivity contribution is -0.153. The zero-order valence-corrected chi connectivity index (χ0v) is 9.73. The van der Waals surface area contributed by atoms with Crippen molar-refractivity contribution in [3.05, 3.63) is 0 Å². The molecule has 14 heavy (non-hydrogen) atoms. The minimum atomic E-state index is -0.289. The number of hydrogen-bond donors (Lipinski definition) is 0. The van der Waals surface area contributed by atoms with Crippen LogP contribution in [-0.2, 0) is 9.59 Å². The van der Waals surface area contributed by atoms with Crippen LogP contribution in [0.1, 0.15) is 13.8 Å². The van der Waals surface area contributed by atoms with Crippen molar-refractivity contribution < 1.29 is 9.59 Å². The van der Waals surface area contributed by atoms with Crippen LogP contribution in [0.2, 0.25) is 0 Å². The number of fused-ring (bicyclic) bond motifs is 3. The lowest BCUT2D eigenvalue weighted by atomic mass is 10.3. The Hall–Kier alpha value is -0.360. The average Bonchev–Trinajstić information content (AvgIpc) is 2.20. The third-order valence-corrected chi connectivity index (χ3v) is 5.29. The van der Waals surface area contributed by atoms with Gasteiger partial charge >= 0.3 is 0 Å². The van der Waals surface area contributed by atoms with Crippen LogP contribution in [0.3, 0.4) is 0 Å². The Labute approximate surface area is 90.8 Å². The third-order valence-electron chi connectivity index (χ3n) is 2.47. The summed E-state index contributed by atoms with van der Waals surface area (Å²) in [6, 6.07) is 0. The molecule has 2 amide bonds. The van der Waals surface area contributed by atoms with Crippen molar-refractivity contribution >= 4 is 33.4 Å². The fraction of sp³-hybridized carbons (Fsp3) is 0.750. The number of hydrogen-bond acceptors (Lipinski definition) is 4. The average molecular weight is 232 g/mol. The second kappa shape index (κ2) is 3.66. The van der Waals surface area contributed by atoms with Crippen molar-refractivity contribution in [2.45, 2.75) is 24.6 Å². The van der Waals surface area contributed by atoms with E-state index in [0.717, 1.165) is 0 Å². The maximum absolute atomic E-state index is 11.8. The molecule has 4 nitrogen and oxygen atoms in total. The summed E-state index contributed by atoms with van der Waals surface area (Å²) in [4.78, 5) is 27.0. The van der Waals surface area contributed by atoms with E-state index in [0.29, 0.717) is 13.1 Å². The fourth-order valence-corrected chi connectivity index (χ4v) is 4.82. The smallest absolute Gasteiger partial charge is 0.258 e. The van der Waals surface area contributed by atoms with Gasteiger partial charge in [-0.3, -0.25) is 9.59 Å². The molecule has 0 unspecified atom stereocenters. The quantitative estimate of drug-likeness (QED) is 0.659. The zero-order valence-electron chi connectivity index (χ0n) is 8.10. The highest BCUT2D eigenvalue weighted by Gasteiger charge is 2.50. The maximum atomic E-state index is 11.8. The van der Waals surface area contributed by atoms with Gasteiger partial charge < -0.3 is 9.80 Å². The molecule has 0 aromatic rings. The van der Waals surface area contributed by atoms with Gasteiger partial charge in [0.25, 0.3) is 11.8 Å². The van der Waals surface area contributed by atoms with Crippen molar-refractivity contribution in [2.24, 2.45) is 0 Å². The number of carbonyl (C=O) groups excluding carboxylic acids is 2. The molecule has 3 rings (SSSR count). The molecule has 3 aliphatic rings. The lowest BCUT2D eigenvalue weighted by Crippen LogP contribution is -2.64. The van der Waals surface area contributed by atoms with Crippen LogP contribution in [0, 0.1) is 0 Å². The molecule has 0 radical (unpaired) electrons. The summed E-state index contributed by atoms with van der Waals surface area (Å²) in [7, 11) is 3.01. The van der Waals surface area contributed by atoms with Crippen LogP contribution >= 0.6 is 21.6 Å². The first-order valence-corrected chi connectivity index (χ1v) is 6.91. The molecule has 2 bridgehead atoms. The van der Waals surface area contributed by atoms with Gasteiger partial charge in [-0.05, 0) is 13.8 Å². The molecule has 3 aliphatic heterocycles. The number of nitrogens with zero attached hydrogens (tertiary/aromatic N) is 2. The van der Waals surface area contributed by atoms with E-state index in [9.17, 15) is 9.59 Å². The van der Waals surface area contributed by atoms with Crippen LogP contribution < -0.4 is 0 Å². The second-order valence-corrected chi connectivity index (χ2v) is 5.58. The van der Waals surface area contributed by atoms with Gasteiger partial charge in [0, 0.05) is 13.1 Å². The molecule has 0 saturated carbocycles. The van der Waals surface area contributed by atoms with Gasteiger partial charge in [0.05, 0.1) is 0 Å². The van der Waals surface area contributed by atoms with Gasteiger partial charge in [-0.25, -0.2) is 0 Å². The third kappa shape index (κ3) is 1.24. The van der Waals surface area contributed by atoms with Gasteiger partial charge in [-0.1, -0.05) is 21.6 Å². The standard InChI is InChI=1S/C8H12N2O2S2/c1-3-9-5(11)8-10(4-2)6(12)7(9)13-14-8/h7-8H,3-4H2,1-2H3/t7-,8-/m1/s1. The minimum absolute atomic E-state index is 0.0858. The number of carbonyl (C=O) groups is 2. The molecule has 0 N–H and O–H groups in total. The second-order valence-electron chi connectivity index (χ2n) is 3.15. The Balaban J connectivity index is 2.29. The Kier molecular flexibility index (Phi) is 2.66. The summed E-state index contributed by atoms with van der Waals surface area (Å²) >= 11 is 0. The fourth-order valence-electron chi connectivity index (χ4n) is 1.72. The first-order chi connectivity index (χ1) is 6.70. The van der Waals surface area contributed by atoms with Crippen LogP contribution in [-0.4, -0.2) is 45.5 Å². The summed E-state index contributed by atoms with van der Waals surface area (Å²) in [5.41, 5.74) is 0. The highest BCUT2D eigenvalue weighted by molar-refractivity contribution is 8.77. The summed E-state index contributed by atoms with van der Waals surface area (Å²) in [6.45, 7) is 5.06. The van der Waals surface area contributed by atoms with Crippen LogP contribution in [0.15, 0.2) is 0 Å². The molecule has 6 heteroatoms. The maximum Gasteiger partial charge on any atom is 0.258 e. The normalized spacial score (nSPS) is 31.6. The van der Waals surface area contributed by atoms with Crippen LogP contribution in [0.25, 0.3) is 0 Å². The van der Waals surface area contributed by atoms with E-state index in [1.807, 2.05) is 13.8 Å². The van der Waals surface area contributed by atoms with Gasteiger partial charge in [0.15, 0.2) is 10.7 Å². The van der Waals surface area contributed by atoms with Crippen molar-refractivity contribution in [1.82, 2.24) is 9.80 Å². The van der Waals surface area contributed by atoms with Gasteiger partial charge in [0.2, 0.25) is 0 Å². The molecule has 0 aromatic heterocycles. The van der Waals surface area contributed by atoms with Crippen molar-refractivity contribution in [2.75, 3.05) is 13.1 Å². The van der Waals surface area contributed by atoms with Crippen molar-refractivity contribution in [1.29, 1.82) is 0 Å². The minimum Gasteiger partial charge on any atom is -0.319 e. The van der Waals surface area contributed by atoms with Gasteiger partial charge in [-0.15, -0.1) is 0 Å². The molecule has 0 aromatic carbocycles. The number of amides is 2. The summed E-state index contributed by atoms with van der Waals surface area (Å²) in [6.07, 6.45) is 0. The Morgan fingerprint density at radius 3 is 1.64 bits per heavy atom. The van der Waals surface area contributed by atoms with E-state index in [1.165, 1.54) is 21.6 Å². The highest BCUT2D eigenvalue weighted by atomic mass is 33.1. The monoisotopic (exact) mass is 232 g/mol. The molecule has 0 aliphatic carbocycles. The van der Waals surface area contributed by atoms with Gasteiger partial charge in [0.1, 0.15) is 0 Å². The van der Waals surface area contributed by atoms with E-state index >= 15 is 0 Å². The molecule has 78 valence electrons. The van der Waals surface area contributed by atoms with Crippen molar-refractivity contribution in [3.8, 4) is 0 Å². The van der Waals surface area contributed by atoms with Crippen LogP contribution in [0.5, 0.6) is 0 Å². The van der Waals surface area contributed by atoms with Crippen LogP contribution in [0.4, 0.5) is 0 Å². The summed E-state index contributed by atoms with van der Waals surface area (Å²) < 4.78 is 0. The number of rotatable bonds is 2. The Bertz CT molecular complexity index is 257. The predicted octanol–water partition coefficient (Wildman–Crippen LogP) is 0.744. The molecule has 0 spiro atoms. The largest absolute Gasteiger partial charge is 0.319 e. The first kappa shape index (κ1) is 10.2. The molecular formula is C8H12N2O2S2. The Morgan fingerprint density at radius 1 is 1.00 bits per heavy atom. The summed E-state index contributed by atoms with van der Waals surface area (Å²) in [5.74, 6) is 0.172. The predicted molar refractivity (Wildman–Crippen MR) is 57.5 cm³/mol. The molecular weight excluding hydrogens is 220 g/mol. The number of piperazine rings is 1. The van der Waals surface area contributed by atoms with E-state index in [-0.39, 0.29) is 22.6 Å².